The van der Waals surface area contributed by atoms with E-state index in [9.17, 15) is 0 Å². The maximum atomic E-state index is 5.83. The lowest BCUT2D eigenvalue weighted by molar-refractivity contribution is 1.09. The molecule has 0 amide bonds. The van der Waals surface area contributed by atoms with Crippen molar-refractivity contribution in [3.63, 3.8) is 0 Å². The molecule has 0 heterocycles. The third kappa shape index (κ3) is 36.2. The lowest BCUT2D eigenvalue weighted by Crippen LogP contribution is -1.47. The molecule has 0 spiro atoms. The van der Waals surface area contributed by atoms with Crippen LogP contribution in [0.2, 0.25) is 0 Å². The zero-order valence-corrected chi connectivity index (χ0v) is 9.41. The molecule has 0 aromatic heterocycles. The molecule has 0 fully saturated rings. The molecule has 0 saturated carbocycles. The molecule has 0 saturated heterocycles. The van der Waals surface area contributed by atoms with Crippen molar-refractivity contribution in [1.82, 2.24) is 0 Å². The van der Waals surface area contributed by atoms with Crippen molar-refractivity contribution in [2.75, 3.05) is 7.05 Å². The first kappa shape index (κ1) is 17.8. The van der Waals surface area contributed by atoms with Crippen molar-refractivity contribution in [3.8, 4) is 0 Å². The van der Waals surface area contributed by atoms with Gasteiger partial charge in [-0.25, -0.2) is 10.6 Å². The quantitative estimate of drug-likeness (QED) is 0.578. The van der Waals surface area contributed by atoms with Crippen LogP contribution >= 0.6 is 0 Å². The van der Waals surface area contributed by atoms with Crippen molar-refractivity contribution in [2.24, 2.45) is 5.11 Å². The van der Waals surface area contributed by atoms with Crippen LogP contribution in [0.3, 0.4) is 0 Å². The van der Waals surface area contributed by atoms with Gasteiger partial charge in [-0.05, 0) is 0 Å². The van der Waals surface area contributed by atoms with Gasteiger partial charge in [0.2, 0.25) is 0 Å². The number of rotatable bonds is 0. The fraction of sp³-hybridized carbons (Fsp3) is 0.455. The molecule has 1 aromatic carbocycles. The van der Waals surface area contributed by atoms with E-state index in [-0.39, 0.29) is 0 Å². The second-order valence-corrected chi connectivity index (χ2v) is 1.38. The van der Waals surface area contributed by atoms with E-state index in [1.54, 1.807) is 0 Å². The Morgan fingerprint density at radius 3 is 0.846 bits per heavy atom. The average molecular weight is 182 g/mol. The Kier molecular flexibility index (Phi) is 42.1. The molecule has 0 aliphatic rings. The molecule has 1 N–H and O–H groups in total. The number of benzene rings is 1. The van der Waals surface area contributed by atoms with Crippen LogP contribution in [0.15, 0.2) is 41.5 Å². The predicted molar refractivity (Wildman–Crippen MR) is 60.2 cm³/mol. The van der Waals surface area contributed by atoms with Gasteiger partial charge in [0.05, 0.1) is 0 Å². The highest BCUT2D eigenvalue weighted by atomic mass is 14.9. The van der Waals surface area contributed by atoms with Crippen LogP contribution in [0.4, 0.5) is 0 Å². The third-order valence-electron chi connectivity index (χ3n) is 0.667. The van der Waals surface area contributed by atoms with Crippen LogP contribution in [0, 0.1) is 5.53 Å². The maximum Gasteiger partial charge on any atom is 0.0485 e. The highest BCUT2D eigenvalue weighted by molar-refractivity contribution is 4.99. The Hall–Kier alpha value is -1.18. The van der Waals surface area contributed by atoms with Crippen LogP contribution in [-0.4, -0.2) is 7.05 Å². The van der Waals surface area contributed by atoms with E-state index in [1.165, 1.54) is 7.05 Å². The van der Waals surface area contributed by atoms with Gasteiger partial charge in [-0.15, -0.1) is 0 Å². The summed E-state index contributed by atoms with van der Waals surface area (Å²) in [5.74, 6) is 0. The summed E-state index contributed by atoms with van der Waals surface area (Å²) < 4.78 is 0. The second kappa shape index (κ2) is 30.8. The number of hydrogen-bond donors (Lipinski definition) is 1. The Morgan fingerprint density at radius 1 is 0.692 bits per heavy atom. The topological polar surface area (TPSA) is 36.2 Å². The second-order valence-electron chi connectivity index (χ2n) is 1.38. The number of nitrogens with zero attached hydrogens (tertiary/aromatic N) is 1. The summed E-state index contributed by atoms with van der Waals surface area (Å²) >= 11 is 0. The minimum absolute atomic E-state index is 1.42. The van der Waals surface area contributed by atoms with Crippen molar-refractivity contribution in [2.45, 2.75) is 27.7 Å². The predicted octanol–water partition coefficient (Wildman–Crippen LogP) is 4.39. The SMILES string of the molecule is CC.CC.CN=N.c1ccccc1. The van der Waals surface area contributed by atoms with E-state index in [0.717, 1.165) is 0 Å². The molecular weight excluding hydrogens is 160 g/mol. The summed E-state index contributed by atoms with van der Waals surface area (Å²) in [5, 5.41) is 2.75. The van der Waals surface area contributed by atoms with Gasteiger partial charge in [-0.2, -0.15) is 0 Å². The van der Waals surface area contributed by atoms with E-state index in [4.69, 9.17) is 5.53 Å². The molecule has 2 nitrogen and oxygen atoms in total. The minimum Gasteiger partial charge on any atom is -0.210 e. The molecule has 0 aliphatic heterocycles. The summed E-state index contributed by atoms with van der Waals surface area (Å²) in [6, 6.07) is 12.0. The summed E-state index contributed by atoms with van der Waals surface area (Å²) in [6.45, 7) is 8.00. The van der Waals surface area contributed by atoms with Gasteiger partial charge in [0.15, 0.2) is 0 Å². The van der Waals surface area contributed by atoms with Gasteiger partial charge in [-0.1, -0.05) is 64.1 Å². The van der Waals surface area contributed by atoms with Crippen LogP contribution in [0.25, 0.3) is 0 Å². The van der Waals surface area contributed by atoms with Crippen molar-refractivity contribution in [1.29, 1.82) is 5.53 Å². The van der Waals surface area contributed by atoms with Gasteiger partial charge in [0.1, 0.15) is 0 Å². The Labute approximate surface area is 82.5 Å². The molecule has 1 aromatic rings. The van der Waals surface area contributed by atoms with E-state index < -0.39 is 0 Å². The van der Waals surface area contributed by atoms with E-state index in [2.05, 4.69) is 5.11 Å². The first-order chi connectivity index (χ1) is 6.41. The summed E-state index contributed by atoms with van der Waals surface area (Å²) in [6.07, 6.45) is 0. The first-order valence-electron chi connectivity index (χ1n) is 4.67. The Bertz CT molecular complexity index is 111. The monoisotopic (exact) mass is 182 g/mol. The highest BCUT2D eigenvalue weighted by Crippen LogP contribution is 1.79. The van der Waals surface area contributed by atoms with Gasteiger partial charge in [-0.3, -0.25) is 0 Å². The van der Waals surface area contributed by atoms with Crippen molar-refractivity contribution >= 4 is 0 Å². The van der Waals surface area contributed by atoms with Crippen LogP contribution < -0.4 is 0 Å². The molecule has 0 aliphatic carbocycles. The molecule has 2 heteroatoms. The lowest BCUT2D eigenvalue weighted by Gasteiger charge is -1.69. The normalized spacial score (nSPS) is 5.62. The van der Waals surface area contributed by atoms with E-state index in [0.29, 0.717) is 0 Å². The fourth-order valence-corrected chi connectivity index (χ4v) is 0.385. The molecule has 0 radical (unpaired) electrons. The third-order valence-corrected chi connectivity index (χ3v) is 0.667. The first-order valence-corrected chi connectivity index (χ1v) is 4.67. The molecule has 0 bridgehead atoms. The largest absolute Gasteiger partial charge is 0.210 e. The van der Waals surface area contributed by atoms with Gasteiger partial charge in [0.25, 0.3) is 0 Å². The zero-order chi connectivity index (χ0) is 10.9. The molecule has 0 unspecified atom stereocenters. The summed E-state index contributed by atoms with van der Waals surface area (Å²) in [7, 11) is 1.42. The average Bonchev–Trinajstić information content (AvgIpc) is 2.27. The van der Waals surface area contributed by atoms with E-state index in [1.807, 2.05) is 64.1 Å². The molecule has 1 rings (SSSR count). The molecule has 0 atom stereocenters. The van der Waals surface area contributed by atoms with Gasteiger partial charge >= 0.3 is 0 Å². The molecule has 76 valence electrons. The van der Waals surface area contributed by atoms with Crippen LogP contribution in [0.1, 0.15) is 27.7 Å². The van der Waals surface area contributed by atoms with Crippen molar-refractivity contribution < 1.29 is 0 Å². The van der Waals surface area contributed by atoms with Crippen LogP contribution in [0.5, 0.6) is 0 Å². The standard InChI is InChI=1S/C6H6.2C2H6.CH4N2/c1-2-4-6-5-3-1;2*1-2;1-3-2/h1-6H;2*1-2H3;2H,1H3. The Morgan fingerprint density at radius 2 is 0.769 bits per heavy atom. The van der Waals surface area contributed by atoms with Gasteiger partial charge < -0.3 is 0 Å². The smallest absolute Gasteiger partial charge is 0.0485 e. The Balaban J connectivity index is -0.000000124. The maximum absolute atomic E-state index is 5.83. The lowest BCUT2D eigenvalue weighted by atomic mass is 10.4. The molecular formula is C11H22N2. The highest BCUT2D eigenvalue weighted by Gasteiger charge is 1.57. The van der Waals surface area contributed by atoms with Crippen molar-refractivity contribution in [3.05, 3.63) is 36.4 Å². The summed E-state index contributed by atoms with van der Waals surface area (Å²) in [4.78, 5) is 0. The number of hydrogen-bond acceptors (Lipinski definition) is 2. The van der Waals surface area contributed by atoms with Gasteiger partial charge in [0, 0.05) is 7.05 Å². The number of nitrogens with one attached hydrogen (secondary N) is 1. The zero-order valence-electron chi connectivity index (χ0n) is 9.41. The summed E-state index contributed by atoms with van der Waals surface area (Å²) in [5.41, 5.74) is 5.83. The fourth-order valence-electron chi connectivity index (χ4n) is 0.385. The van der Waals surface area contributed by atoms with E-state index >= 15 is 0 Å². The minimum atomic E-state index is 1.42. The van der Waals surface area contributed by atoms with Crippen LogP contribution in [-0.2, 0) is 0 Å². The molecule has 13 heavy (non-hydrogen) atoms.